The van der Waals surface area contributed by atoms with Gasteiger partial charge in [0, 0.05) is 26.4 Å². The van der Waals surface area contributed by atoms with E-state index in [4.69, 9.17) is 0 Å². The van der Waals surface area contributed by atoms with Crippen LogP contribution >= 0.6 is 39.0 Å². The highest BCUT2D eigenvalue weighted by molar-refractivity contribution is 9.10. The molecule has 0 bridgehead atoms. The molecule has 96 valence electrons. The van der Waals surface area contributed by atoms with E-state index in [1.165, 1.54) is 15.3 Å². The van der Waals surface area contributed by atoms with Gasteiger partial charge in [-0.15, -0.1) is 23.1 Å². The summed E-state index contributed by atoms with van der Waals surface area (Å²) in [7, 11) is 0. The van der Waals surface area contributed by atoms with Gasteiger partial charge in [-0.25, -0.2) is 0 Å². The van der Waals surface area contributed by atoms with Gasteiger partial charge in [0.1, 0.15) is 0 Å². The molecular weight excluding hydrogens is 328 g/mol. The normalized spacial score (nSPS) is 12.6. The zero-order valence-electron chi connectivity index (χ0n) is 10.1. The van der Waals surface area contributed by atoms with Crippen molar-refractivity contribution in [3.63, 3.8) is 0 Å². The van der Waals surface area contributed by atoms with Crippen LogP contribution in [0.2, 0.25) is 0 Å². The van der Waals surface area contributed by atoms with Crippen molar-refractivity contribution in [1.29, 1.82) is 0 Å². The molecule has 1 aromatic carbocycles. The van der Waals surface area contributed by atoms with Crippen molar-refractivity contribution in [2.24, 2.45) is 0 Å². The first-order chi connectivity index (χ1) is 8.65. The second-order valence-corrected chi connectivity index (χ2v) is 7.12. The minimum Gasteiger partial charge on any atom is -0.392 e. The minimum absolute atomic E-state index is 0.300. The molecule has 2 rings (SSSR count). The van der Waals surface area contributed by atoms with Crippen LogP contribution in [0.15, 0.2) is 45.1 Å². The predicted octanol–water partition coefficient (Wildman–Crippen LogP) is 4.51. The van der Waals surface area contributed by atoms with Gasteiger partial charge in [-0.1, -0.05) is 17.7 Å². The van der Waals surface area contributed by atoms with Crippen molar-refractivity contribution >= 4 is 39.0 Å². The Morgan fingerprint density at radius 3 is 2.61 bits per heavy atom. The Bertz CT molecular complexity index is 493. The lowest BCUT2D eigenvalue weighted by Gasteiger charge is -2.09. The van der Waals surface area contributed by atoms with E-state index < -0.39 is 0 Å². The van der Waals surface area contributed by atoms with E-state index in [1.807, 2.05) is 11.4 Å². The van der Waals surface area contributed by atoms with Gasteiger partial charge in [0.2, 0.25) is 0 Å². The number of benzene rings is 1. The van der Waals surface area contributed by atoms with E-state index in [0.29, 0.717) is 0 Å². The largest absolute Gasteiger partial charge is 0.392 e. The van der Waals surface area contributed by atoms with Crippen LogP contribution < -0.4 is 0 Å². The number of hydrogen-bond acceptors (Lipinski definition) is 3. The molecule has 0 aliphatic heterocycles. The summed E-state index contributed by atoms with van der Waals surface area (Å²) in [6, 6.07) is 10.4. The highest BCUT2D eigenvalue weighted by Gasteiger charge is 2.10. The molecule has 0 saturated heterocycles. The van der Waals surface area contributed by atoms with Crippen LogP contribution in [0, 0.1) is 6.92 Å². The Morgan fingerprint density at radius 1 is 1.28 bits per heavy atom. The Labute approximate surface area is 124 Å². The van der Waals surface area contributed by atoms with E-state index in [0.717, 1.165) is 16.6 Å². The summed E-state index contributed by atoms with van der Waals surface area (Å²) in [6.07, 6.45) is 0.420. The fraction of sp³-hybridized carbons (Fsp3) is 0.286. The van der Waals surface area contributed by atoms with Gasteiger partial charge in [0.15, 0.2) is 0 Å². The smallest absolute Gasteiger partial charge is 0.0682 e. The molecule has 1 heterocycles. The molecule has 1 unspecified atom stereocenters. The van der Waals surface area contributed by atoms with E-state index in [1.54, 1.807) is 23.1 Å². The summed E-state index contributed by atoms with van der Waals surface area (Å²) in [4.78, 5) is 2.43. The number of aryl methyl sites for hydroxylation is 1. The van der Waals surface area contributed by atoms with Crippen molar-refractivity contribution in [2.45, 2.75) is 24.3 Å². The van der Waals surface area contributed by atoms with Crippen molar-refractivity contribution in [3.05, 3.63) is 50.6 Å². The third-order valence-electron chi connectivity index (χ3n) is 2.58. The van der Waals surface area contributed by atoms with Gasteiger partial charge in [0.05, 0.1) is 6.10 Å². The van der Waals surface area contributed by atoms with Crippen LogP contribution in [0.1, 0.15) is 10.4 Å². The zero-order valence-corrected chi connectivity index (χ0v) is 13.3. The van der Waals surface area contributed by atoms with Gasteiger partial charge >= 0.3 is 0 Å². The highest BCUT2D eigenvalue weighted by atomic mass is 79.9. The average Bonchev–Trinajstić information content (AvgIpc) is 2.74. The zero-order chi connectivity index (χ0) is 13.0. The van der Waals surface area contributed by atoms with Crippen molar-refractivity contribution in [3.8, 4) is 0 Å². The molecule has 18 heavy (non-hydrogen) atoms. The lowest BCUT2D eigenvalue weighted by atomic mass is 10.2. The van der Waals surface area contributed by atoms with Gasteiger partial charge in [-0.05, 0) is 46.4 Å². The molecule has 4 heteroatoms. The maximum Gasteiger partial charge on any atom is 0.0682 e. The number of thioether (sulfide) groups is 1. The SMILES string of the molecule is Cc1ccc(SCC(O)Cc2sccc2Br)cc1. The molecule has 0 saturated carbocycles. The van der Waals surface area contributed by atoms with Gasteiger partial charge in [-0.2, -0.15) is 0 Å². The first-order valence-corrected chi connectivity index (χ1v) is 8.40. The van der Waals surface area contributed by atoms with Gasteiger partial charge < -0.3 is 5.11 Å². The molecule has 0 radical (unpaired) electrons. The van der Waals surface area contributed by atoms with E-state index in [-0.39, 0.29) is 6.10 Å². The molecule has 0 spiro atoms. The molecule has 0 aliphatic rings. The fourth-order valence-corrected chi connectivity index (χ4v) is 3.99. The summed E-state index contributed by atoms with van der Waals surface area (Å²) in [6.45, 7) is 2.08. The average molecular weight is 343 g/mol. The van der Waals surface area contributed by atoms with Crippen LogP contribution in [0.4, 0.5) is 0 Å². The third-order valence-corrected chi connectivity index (χ3v) is 5.68. The molecule has 0 aliphatic carbocycles. The van der Waals surface area contributed by atoms with Crippen molar-refractivity contribution in [1.82, 2.24) is 0 Å². The number of aliphatic hydroxyl groups excluding tert-OH is 1. The van der Waals surface area contributed by atoms with Crippen molar-refractivity contribution < 1.29 is 5.11 Å². The van der Waals surface area contributed by atoms with Crippen LogP contribution in [0.5, 0.6) is 0 Å². The fourth-order valence-electron chi connectivity index (χ4n) is 1.57. The maximum absolute atomic E-state index is 10.0. The number of halogens is 1. The Morgan fingerprint density at radius 2 is 2.00 bits per heavy atom. The standard InChI is InChI=1S/C14H15BrOS2/c1-10-2-4-12(5-3-10)18-9-11(16)8-14-13(15)6-7-17-14/h2-7,11,16H,8-9H2,1H3. The summed E-state index contributed by atoms with van der Waals surface area (Å²) in [5.41, 5.74) is 1.27. The van der Waals surface area contributed by atoms with Crippen LogP contribution in [-0.4, -0.2) is 17.0 Å². The topological polar surface area (TPSA) is 20.2 Å². The van der Waals surface area contributed by atoms with Crippen LogP contribution in [0.3, 0.4) is 0 Å². The Kier molecular flexibility index (Phi) is 5.30. The Hall–Kier alpha value is -0.290. The summed E-state index contributed by atoms with van der Waals surface area (Å²) < 4.78 is 1.10. The van der Waals surface area contributed by atoms with Gasteiger partial charge in [0.25, 0.3) is 0 Å². The van der Waals surface area contributed by atoms with Gasteiger partial charge in [-0.3, -0.25) is 0 Å². The predicted molar refractivity (Wildman–Crippen MR) is 83.6 cm³/mol. The molecular formula is C14H15BrOS2. The quantitative estimate of drug-likeness (QED) is 0.806. The summed E-state index contributed by atoms with van der Waals surface area (Å²) >= 11 is 6.88. The molecule has 0 amide bonds. The molecule has 1 nitrogen and oxygen atoms in total. The first kappa shape index (κ1) is 14.1. The van der Waals surface area contributed by atoms with E-state index >= 15 is 0 Å². The van der Waals surface area contributed by atoms with Crippen LogP contribution in [0.25, 0.3) is 0 Å². The number of hydrogen-bond donors (Lipinski definition) is 1. The van der Waals surface area contributed by atoms with Crippen LogP contribution in [-0.2, 0) is 6.42 Å². The van der Waals surface area contributed by atoms with E-state index in [9.17, 15) is 5.11 Å². The highest BCUT2D eigenvalue weighted by Crippen LogP contribution is 2.26. The molecule has 1 aromatic heterocycles. The first-order valence-electron chi connectivity index (χ1n) is 5.74. The summed E-state index contributed by atoms with van der Waals surface area (Å²) in [5.74, 6) is 0.730. The minimum atomic E-state index is -0.300. The molecule has 1 N–H and O–H groups in total. The number of rotatable bonds is 5. The second kappa shape index (κ2) is 6.75. The molecule has 2 aromatic rings. The summed E-state index contributed by atoms with van der Waals surface area (Å²) in [5, 5.41) is 12.1. The number of aliphatic hydroxyl groups is 1. The third kappa shape index (κ3) is 4.12. The molecule has 0 fully saturated rings. The lowest BCUT2D eigenvalue weighted by Crippen LogP contribution is -2.12. The Balaban J connectivity index is 1.83. The lowest BCUT2D eigenvalue weighted by molar-refractivity contribution is 0.201. The van der Waals surface area contributed by atoms with E-state index in [2.05, 4.69) is 47.1 Å². The second-order valence-electron chi connectivity index (χ2n) is 4.17. The molecule has 1 atom stereocenters. The number of thiophene rings is 1. The maximum atomic E-state index is 10.0. The monoisotopic (exact) mass is 342 g/mol. The van der Waals surface area contributed by atoms with Crippen molar-refractivity contribution in [2.75, 3.05) is 5.75 Å².